The number of nitrogens with one attached hydrogen (secondary N) is 1. The fraction of sp³-hybridized carbons (Fsp3) is 0.500. The summed E-state index contributed by atoms with van der Waals surface area (Å²) >= 11 is 0. The Morgan fingerprint density at radius 3 is 2.30 bits per heavy atom. The summed E-state index contributed by atoms with van der Waals surface area (Å²) in [5.74, 6) is -0.277. The third kappa shape index (κ3) is 7.71. The van der Waals surface area contributed by atoms with Gasteiger partial charge in [0.05, 0.1) is 18.6 Å². The van der Waals surface area contributed by atoms with Crippen LogP contribution in [0.1, 0.15) is 57.1 Å². The summed E-state index contributed by atoms with van der Waals surface area (Å²) in [6.45, 7) is 5.76. The molecule has 0 aliphatic heterocycles. The largest absolute Gasteiger partial charge is 0.492 e. The molecule has 1 aliphatic carbocycles. The van der Waals surface area contributed by atoms with Crippen LogP contribution in [0.4, 0.5) is 5.69 Å². The van der Waals surface area contributed by atoms with Crippen molar-refractivity contribution < 1.29 is 22.7 Å². The average Bonchev–Trinajstić information content (AvgIpc) is 3.36. The van der Waals surface area contributed by atoms with Crippen LogP contribution in [0, 0.1) is 6.92 Å². The van der Waals surface area contributed by atoms with Crippen LogP contribution in [0.2, 0.25) is 0 Å². The standard InChI is InChI=1S/C28H39N3O5S/c1-5-24(28(33)29-23-11-7-8-12-23)30(19-22-17-15-21(3)16-18-22)27(32)20-31(37(4,34)35)25-13-9-10-14-26(25)36-6-2/h9-10,13-18,23-24H,5-8,11-12,19-20H2,1-4H3,(H,29,33)/t24-/m0/s1. The molecule has 0 unspecified atom stereocenters. The van der Waals surface area contributed by atoms with Crippen LogP contribution < -0.4 is 14.4 Å². The molecule has 2 aromatic rings. The number of hydrogen-bond donors (Lipinski definition) is 1. The highest BCUT2D eigenvalue weighted by atomic mass is 32.2. The number of para-hydroxylation sites is 2. The van der Waals surface area contributed by atoms with E-state index in [9.17, 15) is 18.0 Å². The van der Waals surface area contributed by atoms with E-state index in [0.29, 0.717) is 24.5 Å². The molecule has 1 aliphatic rings. The molecule has 1 N–H and O–H groups in total. The van der Waals surface area contributed by atoms with E-state index < -0.39 is 28.5 Å². The first-order valence-corrected chi connectivity index (χ1v) is 14.8. The predicted molar refractivity (Wildman–Crippen MR) is 146 cm³/mol. The van der Waals surface area contributed by atoms with Crippen molar-refractivity contribution in [2.75, 3.05) is 23.7 Å². The number of carbonyl (C=O) groups is 2. The number of hydrogen-bond acceptors (Lipinski definition) is 5. The molecular formula is C28H39N3O5S. The summed E-state index contributed by atoms with van der Waals surface area (Å²) in [4.78, 5) is 28.7. The molecule has 0 bridgehead atoms. The Kier molecular flexibility index (Phi) is 9.97. The molecule has 1 atom stereocenters. The van der Waals surface area contributed by atoms with Crippen molar-refractivity contribution in [2.24, 2.45) is 0 Å². The first-order chi connectivity index (χ1) is 17.6. The number of rotatable bonds is 12. The lowest BCUT2D eigenvalue weighted by Crippen LogP contribution is -2.53. The molecule has 0 saturated heterocycles. The lowest BCUT2D eigenvalue weighted by Gasteiger charge is -2.33. The minimum Gasteiger partial charge on any atom is -0.492 e. The topological polar surface area (TPSA) is 96.0 Å². The molecule has 0 aromatic heterocycles. The molecule has 37 heavy (non-hydrogen) atoms. The highest BCUT2D eigenvalue weighted by Gasteiger charge is 2.33. The maximum Gasteiger partial charge on any atom is 0.244 e. The zero-order chi connectivity index (χ0) is 27.0. The first-order valence-electron chi connectivity index (χ1n) is 13.0. The van der Waals surface area contributed by atoms with Crippen LogP contribution in [0.3, 0.4) is 0 Å². The number of anilines is 1. The summed E-state index contributed by atoms with van der Waals surface area (Å²) in [6.07, 6.45) is 5.50. The lowest BCUT2D eigenvalue weighted by molar-refractivity contribution is -0.140. The van der Waals surface area contributed by atoms with Crippen molar-refractivity contribution in [1.29, 1.82) is 0 Å². The zero-order valence-electron chi connectivity index (χ0n) is 22.3. The number of benzene rings is 2. The third-order valence-electron chi connectivity index (χ3n) is 6.67. The van der Waals surface area contributed by atoms with Gasteiger partial charge >= 0.3 is 0 Å². The predicted octanol–water partition coefficient (Wildman–Crippen LogP) is 4.03. The third-order valence-corrected chi connectivity index (χ3v) is 7.80. The van der Waals surface area contributed by atoms with Crippen LogP contribution in [0.15, 0.2) is 48.5 Å². The summed E-state index contributed by atoms with van der Waals surface area (Å²) in [5.41, 5.74) is 2.24. The van der Waals surface area contributed by atoms with E-state index in [1.807, 2.05) is 45.0 Å². The van der Waals surface area contributed by atoms with Gasteiger partial charge < -0.3 is 15.0 Å². The molecule has 0 spiro atoms. The van der Waals surface area contributed by atoms with Crippen molar-refractivity contribution in [3.05, 3.63) is 59.7 Å². The molecule has 3 rings (SSSR count). The smallest absolute Gasteiger partial charge is 0.244 e. The van der Waals surface area contributed by atoms with Gasteiger partial charge in [-0.15, -0.1) is 0 Å². The summed E-state index contributed by atoms with van der Waals surface area (Å²) in [6, 6.07) is 13.9. The van der Waals surface area contributed by atoms with Gasteiger partial charge in [-0.2, -0.15) is 0 Å². The van der Waals surface area contributed by atoms with Crippen LogP contribution >= 0.6 is 0 Å². The fourth-order valence-corrected chi connectivity index (χ4v) is 5.57. The molecule has 0 heterocycles. The number of ether oxygens (including phenoxy) is 1. The van der Waals surface area contributed by atoms with Crippen molar-refractivity contribution in [3.8, 4) is 5.75 Å². The molecule has 2 aromatic carbocycles. The monoisotopic (exact) mass is 529 g/mol. The van der Waals surface area contributed by atoms with Gasteiger partial charge in [0, 0.05) is 12.6 Å². The van der Waals surface area contributed by atoms with Crippen LogP contribution in [-0.2, 0) is 26.2 Å². The molecule has 2 amide bonds. The van der Waals surface area contributed by atoms with Crippen molar-refractivity contribution in [1.82, 2.24) is 10.2 Å². The normalized spacial score (nSPS) is 14.7. The van der Waals surface area contributed by atoms with E-state index >= 15 is 0 Å². The van der Waals surface area contributed by atoms with E-state index in [1.165, 1.54) is 4.90 Å². The van der Waals surface area contributed by atoms with Gasteiger partial charge in [0.15, 0.2) is 0 Å². The summed E-state index contributed by atoms with van der Waals surface area (Å²) in [7, 11) is -3.83. The Balaban J connectivity index is 1.94. The van der Waals surface area contributed by atoms with Crippen molar-refractivity contribution in [2.45, 2.75) is 71.5 Å². The van der Waals surface area contributed by atoms with E-state index in [0.717, 1.165) is 47.4 Å². The molecule has 0 radical (unpaired) electrons. The minimum atomic E-state index is -3.83. The average molecular weight is 530 g/mol. The summed E-state index contributed by atoms with van der Waals surface area (Å²) < 4.78 is 32.4. The molecular weight excluding hydrogens is 490 g/mol. The zero-order valence-corrected chi connectivity index (χ0v) is 23.1. The van der Waals surface area contributed by atoms with Gasteiger partial charge in [-0.1, -0.05) is 61.7 Å². The van der Waals surface area contributed by atoms with Crippen molar-refractivity contribution >= 4 is 27.5 Å². The lowest BCUT2D eigenvalue weighted by atomic mass is 10.1. The van der Waals surface area contributed by atoms with E-state index in [1.54, 1.807) is 24.3 Å². The van der Waals surface area contributed by atoms with Gasteiger partial charge in [0.2, 0.25) is 21.8 Å². The maximum absolute atomic E-state index is 13.9. The van der Waals surface area contributed by atoms with Gasteiger partial charge in [-0.05, 0) is 50.8 Å². The van der Waals surface area contributed by atoms with Gasteiger partial charge in [-0.25, -0.2) is 8.42 Å². The Morgan fingerprint density at radius 1 is 1.05 bits per heavy atom. The minimum absolute atomic E-state index is 0.114. The second-order valence-corrected chi connectivity index (χ2v) is 11.5. The highest BCUT2D eigenvalue weighted by molar-refractivity contribution is 7.92. The van der Waals surface area contributed by atoms with Crippen LogP contribution in [0.25, 0.3) is 0 Å². The highest BCUT2D eigenvalue weighted by Crippen LogP contribution is 2.30. The van der Waals surface area contributed by atoms with Crippen LogP contribution in [-0.4, -0.2) is 56.6 Å². The van der Waals surface area contributed by atoms with Gasteiger partial charge in [0.25, 0.3) is 0 Å². The Bertz CT molecular complexity index is 1160. The van der Waals surface area contributed by atoms with Crippen molar-refractivity contribution in [3.63, 3.8) is 0 Å². The van der Waals surface area contributed by atoms with E-state index in [4.69, 9.17) is 4.74 Å². The number of sulfonamides is 1. The number of carbonyl (C=O) groups excluding carboxylic acids is 2. The molecule has 202 valence electrons. The van der Waals surface area contributed by atoms with Gasteiger partial charge in [0.1, 0.15) is 18.3 Å². The Morgan fingerprint density at radius 2 is 1.70 bits per heavy atom. The second-order valence-electron chi connectivity index (χ2n) is 9.59. The SMILES string of the molecule is CCOc1ccccc1N(CC(=O)N(Cc1ccc(C)cc1)[C@@H](CC)C(=O)NC1CCCC1)S(C)(=O)=O. The fourth-order valence-electron chi connectivity index (χ4n) is 4.71. The molecule has 9 heteroatoms. The number of nitrogens with zero attached hydrogens (tertiary/aromatic N) is 2. The first kappa shape index (κ1) is 28.5. The quantitative estimate of drug-likeness (QED) is 0.448. The van der Waals surface area contributed by atoms with Crippen LogP contribution in [0.5, 0.6) is 5.75 Å². The summed E-state index contributed by atoms with van der Waals surface area (Å²) in [5, 5.41) is 3.12. The van der Waals surface area contributed by atoms with E-state index in [2.05, 4.69) is 5.32 Å². The Hall–Kier alpha value is -3.07. The second kappa shape index (κ2) is 12.9. The molecule has 8 nitrogen and oxygen atoms in total. The Labute approximate surface area is 221 Å². The van der Waals surface area contributed by atoms with Gasteiger partial charge in [-0.3, -0.25) is 13.9 Å². The maximum atomic E-state index is 13.9. The molecule has 1 saturated carbocycles. The van der Waals surface area contributed by atoms with E-state index in [-0.39, 0.29) is 18.5 Å². The molecule has 1 fully saturated rings. The number of amides is 2. The number of aryl methyl sites for hydroxylation is 1.